The minimum absolute atomic E-state index is 0.0598. The molecule has 0 bridgehead atoms. The number of aromatic nitrogens is 1. The van der Waals surface area contributed by atoms with Gasteiger partial charge in [-0.05, 0) is 6.92 Å². The molecule has 2 N–H and O–H groups in total. The third-order valence-corrected chi connectivity index (χ3v) is 2.87. The van der Waals surface area contributed by atoms with Crippen molar-refractivity contribution in [2.24, 2.45) is 0 Å². The second-order valence-electron chi connectivity index (χ2n) is 3.65. The van der Waals surface area contributed by atoms with Crippen LogP contribution in [0.15, 0.2) is 6.20 Å². The lowest BCUT2D eigenvalue weighted by Crippen LogP contribution is -2.38. The fourth-order valence-corrected chi connectivity index (χ4v) is 1.88. The lowest BCUT2D eigenvalue weighted by atomic mass is 10.5. The molecular weight excluding hydrogens is 224 g/mol. The summed E-state index contributed by atoms with van der Waals surface area (Å²) in [5.74, 6) is 0. The highest BCUT2D eigenvalue weighted by atomic mass is 32.1. The van der Waals surface area contributed by atoms with Gasteiger partial charge in [0.2, 0.25) is 0 Å². The van der Waals surface area contributed by atoms with Crippen molar-refractivity contribution in [3.8, 4) is 0 Å². The highest BCUT2D eigenvalue weighted by molar-refractivity contribution is 7.11. The molecule has 0 atom stereocenters. The molecule has 0 aromatic carbocycles. The summed E-state index contributed by atoms with van der Waals surface area (Å²) in [5.41, 5.74) is 0. The number of hydrogen-bond donors (Lipinski definition) is 2. The Kier molecular flexibility index (Phi) is 5.21. The topological polar surface area (TPSA) is 57.3 Å². The molecule has 1 aromatic rings. The Balaban J connectivity index is 2.06. The normalized spacial score (nSPS) is 10.2. The molecule has 0 aliphatic rings. The average molecular weight is 242 g/mol. The molecule has 5 nitrogen and oxygen atoms in total. The lowest BCUT2D eigenvalue weighted by molar-refractivity contribution is 0.217. The van der Waals surface area contributed by atoms with E-state index in [9.17, 15) is 4.79 Å². The van der Waals surface area contributed by atoms with Crippen LogP contribution in [0, 0.1) is 6.92 Å². The summed E-state index contributed by atoms with van der Waals surface area (Å²) in [6, 6.07) is -0.0598. The lowest BCUT2D eigenvalue weighted by Gasteiger charge is -2.11. The molecule has 0 saturated carbocycles. The summed E-state index contributed by atoms with van der Waals surface area (Å²) in [5, 5.41) is 7.11. The highest BCUT2D eigenvalue weighted by Gasteiger charge is 2.01. The smallest absolute Gasteiger partial charge is 0.316 e. The summed E-state index contributed by atoms with van der Waals surface area (Å²) < 4.78 is 0. The fraction of sp³-hybridized carbons (Fsp3) is 0.600. The third-order valence-electron chi connectivity index (χ3n) is 1.95. The van der Waals surface area contributed by atoms with Crippen LogP contribution in [0.3, 0.4) is 0 Å². The molecule has 1 heterocycles. The Bertz CT molecular complexity index is 337. The minimum Gasteiger partial charge on any atom is -0.337 e. The first-order valence-electron chi connectivity index (χ1n) is 5.17. The monoisotopic (exact) mass is 242 g/mol. The van der Waals surface area contributed by atoms with Gasteiger partial charge in [0.05, 0.1) is 5.01 Å². The number of aryl methyl sites for hydroxylation is 1. The van der Waals surface area contributed by atoms with Crippen molar-refractivity contribution in [2.45, 2.75) is 13.5 Å². The van der Waals surface area contributed by atoms with Gasteiger partial charge in [-0.1, -0.05) is 0 Å². The van der Waals surface area contributed by atoms with Crippen molar-refractivity contribution >= 4 is 17.4 Å². The van der Waals surface area contributed by atoms with Gasteiger partial charge in [-0.3, -0.25) is 0 Å². The molecule has 0 spiro atoms. The van der Waals surface area contributed by atoms with E-state index in [0.29, 0.717) is 6.54 Å². The van der Waals surface area contributed by atoms with E-state index in [-0.39, 0.29) is 6.03 Å². The van der Waals surface area contributed by atoms with Crippen molar-refractivity contribution in [3.05, 3.63) is 16.1 Å². The van der Waals surface area contributed by atoms with E-state index in [2.05, 4.69) is 15.6 Å². The molecule has 0 saturated heterocycles. The van der Waals surface area contributed by atoms with Gasteiger partial charge in [0, 0.05) is 44.8 Å². The quantitative estimate of drug-likeness (QED) is 0.751. The van der Waals surface area contributed by atoms with Gasteiger partial charge in [-0.25, -0.2) is 9.78 Å². The number of carbonyl (C=O) groups is 1. The standard InChI is InChI=1S/C10H18N4OS/c1-8-13-7-9(16-8)6-11-4-5-12-10(15)14(2)3/h7,11H,4-6H2,1-3H3,(H,12,15). The van der Waals surface area contributed by atoms with Gasteiger partial charge in [-0.2, -0.15) is 0 Å². The van der Waals surface area contributed by atoms with Crippen LogP contribution in [-0.2, 0) is 6.54 Å². The first-order valence-corrected chi connectivity index (χ1v) is 5.98. The summed E-state index contributed by atoms with van der Waals surface area (Å²) >= 11 is 1.69. The molecule has 0 fully saturated rings. The van der Waals surface area contributed by atoms with E-state index < -0.39 is 0 Å². The van der Waals surface area contributed by atoms with Gasteiger partial charge in [0.15, 0.2) is 0 Å². The zero-order valence-corrected chi connectivity index (χ0v) is 10.7. The number of rotatable bonds is 5. The Hall–Kier alpha value is -1.14. The maximum atomic E-state index is 11.2. The van der Waals surface area contributed by atoms with Crippen LogP contribution in [0.4, 0.5) is 4.79 Å². The van der Waals surface area contributed by atoms with E-state index in [1.807, 2.05) is 13.1 Å². The predicted molar refractivity (Wildman–Crippen MR) is 65.6 cm³/mol. The highest BCUT2D eigenvalue weighted by Crippen LogP contribution is 2.10. The Labute approximate surface area is 99.9 Å². The van der Waals surface area contributed by atoms with Crippen LogP contribution in [0.25, 0.3) is 0 Å². The molecule has 90 valence electrons. The van der Waals surface area contributed by atoms with Crippen molar-refractivity contribution in [1.82, 2.24) is 20.5 Å². The minimum atomic E-state index is -0.0598. The van der Waals surface area contributed by atoms with Crippen LogP contribution >= 0.6 is 11.3 Å². The van der Waals surface area contributed by atoms with Gasteiger partial charge < -0.3 is 15.5 Å². The molecule has 1 rings (SSSR count). The zero-order valence-electron chi connectivity index (χ0n) is 9.91. The third kappa shape index (κ3) is 4.59. The molecule has 6 heteroatoms. The summed E-state index contributed by atoms with van der Waals surface area (Å²) in [6.07, 6.45) is 1.88. The van der Waals surface area contributed by atoms with Crippen molar-refractivity contribution in [1.29, 1.82) is 0 Å². The average Bonchev–Trinajstić information content (AvgIpc) is 2.63. The Morgan fingerprint density at radius 1 is 1.50 bits per heavy atom. The SMILES string of the molecule is Cc1ncc(CNCCNC(=O)N(C)C)s1. The maximum Gasteiger partial charge on any atom is 0.316 e. The van der Waals surface area contributed by atoms with Gasteiger partial charge >= 0.3 is 6.03 Å². The molecule has 0 aliphatic carbocycles. The van der Waals surface area contributed by atoms with Crippen LogP contribution in [0.1, 0.15) is 9.88 Å². The van der Waals surface area contributed by atoms with E-state index in [1.54, 1.807) is 25.4 Å². The zero-order chi connectivity index (χ0) is 12.0. The summed E-state index contributed by atoms with van der Waals surface area (Å²) in [7, 11) is 3.45. The number of nitrogens with one attached hydrogen (secondary N) is 2. The van der Waals surface area contributed by atoms with E-state index >= 15 is 0 Å². The largest absolute Gasteiger partial charge is 0.337 e. The summed E-state index contributed by atoms with van der Waals surface area (Å²) in [6.45, 7) is 4.19. The molecule has 0 aliphatic heterocycles. The fourth-order valence-electron chi connectivity index (χ4n) is 1.11. The van der Waals surface area contributed by atoms with Crippen molar-refractivity contribution < 1.29 is 4.79 Å². The van der Waals surface area contributed by atoms with Crippen molar-refractivity contribution in [2.75, 3.05) is 27.2 Å². The second kappa shape index (κ2) is 6.44. The molecule has 0 radical (unpaired) electrons. The van der Waals surface area contributed by atoms with Gasteiger partial charge in [-0.15, -0.1) is 11.3 Å². The van der Waals surface area contributed by atoms with E-state index in [1.165, 1.54) is 9.78 Å². The second-order valence-corrected chi connectivity index (χ2v) is 4.97. The molecule has 2 amide bonds. The van der Waals surface area contributed by atoms with Crippen LogP contribution < -0.4 is 10.6 Å². The van der Waals surface area contributed by atoms with E-state index in [4.69, 9.17) is 0 Å². The molecule has 0 unspecified atom stereocenters. The number of nitrogens with zero attached hydrogens (tertiary/aromatic N) is 2. The van der Waals surface area contributed by atoms with Gasteiger partial charge in [0.1, 0.15) is 0 Å². The molecule has 1 aromatic heterocycles. The number of urea groups is 1. The van der Waals surface area contributed by atoms with Crippen molar-refractivity contribution in [3.63, 3.8) is 0 Å². The molecule has 16 heavy (non-hydrogen) atoms. The Morgan fingerprint density at radius 2 is 2.25 bits per heavy atom. The van der Waals surface area contributed by atoms with Gasteiger partial charge in [0.25, 0.3) is 0 Å². The Morgan fingerprint density at radius 3 is 2.81 bits per heavy atom. The number of carbonyl (C=O) groups excluding carboxylic acids is 1. The number of thiazole rings is 1. The first-order chi connectivity index (χ1) is 7.59. The first kappa shape index (κ1) is 12.9. The number of hydrogen-bond acceptors (Lipinski definition) is 4. The number of amides is 2. The van der Waals surface area contributed by atoms with E-state index in [0.717, 1.165) is 18.1 Å². The van der Waals surface area contributed by atoms with Crippen LogP contribution in [0.5, 0.6) is 0 Å². The summed E-state index contributed by atoms with van der Waals surface area (Å²) in [4.78, 5) is 18.1. The molecular formula is C10H18N4OS. The van der Waals surface area contributed by atoms with Crippen LogP contribution in [0.2, 0.25) is 0 Å². The van der Waals surface area contributed by atoms with Crippen LogP contribution in [-0.4, -0.2) is 43.1 Å². The maximum absolute atomic E-state index is 11.2. The predicted octanol–water partition coefficient (Wildman–Crippen LogP) is 0.812.